The Labute approximate surface area is 131 Å². The standard InChI is InChI=1S/C16H18O7/c17-7-12-13(19)14(20)15(21)16(23-12)22-11-4-2-8-5-10(18)3-1-9(8)6-11/h1-6,12-21H,7H2/t12-,13-,14+,15-,16-/m1/s1. The number of aliphatic hydroxyl groups excluding tert-OH is 4. The minimum absolute atomic E-state index is 0.153. The van der Waals surface area contributed by atoms with Crippen LogP contribution in [-0.4, -0.2) is 62.8 Å². The van der Waals surface area contributed by atoms with E-state index in [9.17, 15) is 20.4 Å². The summed E-state index contributed by atoms with van der Waals surface area (Å²) in [6.45, 7) is -0.512. The van der Waals surface area contributed by atoms with E-state index in [1.54, 1.807) is 36.4 Å². The topological polar surface area (TPSA) is 120 Å². The summed E-state index contributed by atoms with van der Waals surface area (Å²) in [6.07, 6.45) is -6.60. The van der Waals surface area contributed by atoms with Crippen LogP contribution in [0.5, 0.6) is 11.5 Å². The second-order valence-corrected chi connectivity index (χ2v) is 5.51. The number of aromatic hydroxyl groups is 1. The molecule has 124 valence electrons. The third-order valence-corrected chi connectivity index (χ3v) is 3.90. The maximum Gasteiger partial charge on any atom is 0.229 e. The summed E-state index contributed by atoms with van der Waals surface area (Å²) < 4.78 is 10.8. The van der Waals surface area contributed by atoms with Crippen LogP contribution < -0.4 is 4.74 Å². The molecule has 0 saturated carbocycles. The summed E-state index contributed by atoms with van der Waals surface area (Å²) in [4.78, 5) is 0. The molecule has 1 fully saturated rings. The first-order valence-electron chi connectivity index (χ1n) is 7.19. The van der Waals surface area contributed by atoms with Crippen LogP contribution >= 0.6 is 0 Å². The van der Waals surface area contributed by atoms with Gasteiger partial charge in [0.15, 0.2) is 0 Å². The average Bonchev–Trinajstić information content (AvgIpc) is 2.55. The zero-order valence-electron chi connectivity index (χ0n) is 12.1. The van der Waals surface area contributed by atoms with E-state index in [-0.39, 0.29) is 5.75 Å². The Balaban J connectivity index is 1.81. The number of fused-ring (bicyclic) bond motifs is 1. The van der Waals surface area contributed by atoms with Gasteiger partial charge in [-0.25, -0.2) is 0 Å². The molecule has 2 aromatic rings. The van der Waals surface area contributed by atoms with Gasteiger partial charge in [-0.05, 0) is 35.0 Å². The Hall–Kier alpha value is -1.90. The maximum absolute atomic E-state index is 9.96. The molecule has 0 radical (unpaired) electrons. The Bertz CT molecular complexity index is 687. The number of hydrogen-bond donors (Lipinski definition) is 5. The average molecular weight is 322 g/mol. The summed E-state index contributed by atoms with van der Waals surface area (Å²) in [6, 6.07) is 9.91. The summed E-state index contributed by atoms with van der Waals surface area (Å²) in [7, 11) is 0. The normalized spacial score (nSPS) is 31.2. The molecule has 7 heteroatoms. The molecule has 7 nitrogen and oxygen atoms in total. The van der Waals surface area contributed by atoms with Crippen molar-refractivity contribution in [3.05, 3.63) is 36.4 Å². The number of hydrogen-bond acceptors (Lipinski definition) is 7. The van der Waals surface area contributed by atoms with Crippen molar-refractivity contribution in [2.24, 2.45) is 0 Å². The highest BCUT2D eigenvalue weighted by molar-refractivity contribution is 5.85. The van der Waals surface area contributed by atoms with Crippen molar-refractivity contribution in [2.45, 2.75) is 30.7 Å². The third-order valence-electron chi connectivity index (χ3n) is 3.90. The van der Waals surface area contributed by atoms with Gasteiger partial charge in [-0.15, -0.1) is 0 Å². The lowest BCUT2D eigenvalue weighted by molar-refractivity contribution is -0.277. The van der Waals surface area contributed by atoms with Crippen LogP contribution in [0.15, 0.2) is 36.4 Å². The second-order valence-electron chi connectivity index (χ2n) is 5.51. The fourth-order valence-electron chi connectivity index (χ4n) is 2.58. The van der Waals surface area contributed by atoms with E-state index in [0.29, 0.717) is 5.75 Å². The molecule has 0 amide bonds. The lowest BCUT2D eigenvalue weighted by Gasteiger charge is -2.39. The molecule has 1 aliphatic rings. The predicted molar refractivity (Wildman–Crippen MR) is 80.0 cm³/mol. The van der Waals surface area contributed by atoms with Gasteiger partial charge < -0.3 is 35.0 Å². The number of benzene rings is 2. The van der Waals surface area contributed by atoms with Gasteiger partial charge in [-0.3, -0.25) is 0 Å². The Kier molecular flexibility index (Phi) is 4.38. The van der Waals surface area contributed by atoms with Crippen LogP contribution in [0.25, 0.3) is 10.8 Å². The maximum atomic E-state index is 9.96. The highest BCUT2D eigenvalue weighted by Crippen LogP contribution is 2.28. The van der Waals surface area contributed by atoms with Gasteiger partial charge in [0, 0.05) is 0 Å². The molecule has 3 rings (SSSR count). The van der Waals surface area contributed by atoms with E-state index in [4.69, 9.17) is 14.6 Å². The van der Waals surface area contributed by atoms with Gasteiger partial charge in [-0.2, -0.15) is 0 Å². The summed E-state index contributed by atoms with van der Waals surface area (Å²) >= 11 is 0. The van der Waals surface area contributed by atoms with Crippen molar-refractivity contribution in [2.75, 3.05) is 6.61 Å². The molecule has 1 aliphatic heterocycles. The van der Waals surface area contributed by atoms with Crippen LogP contribution in [-0.2, 0) is 4.74 Å². The Morgan fingerprint density at radius 1 is 0.913 bits per heavy atom. The molecule has 0 bridgehead atoms. The van der Waals surface area contributed by atoms with Crippen molar-refractivity contribution < 1.29 is 35.0 Å². The smallest absolute Gasteiger partial charge is 0.229 e. The van der Waals surface area contributed by atoms with Crippen molar-refractivity contribution in [1.29, 1.82) is 0 Å². The Morgan fingerprint density at radius 2 is 1.61 bits per heavy atom. The second kappa shape index (κ2) is 6.31. The molecular formula is C16H18O7. The minimum atomic E-state index is -1.48. The predicted octanol–water partition coefficient (Wildman–Crippen LogP) is -0.276. The first kappa shape index (κ1) is 16.0. The quantitative estimate of drug-likeness (QED) is 0.527. The zero-order chi connectivity index (χ0) is 16.6. The summed E-state index contributed by atoms with van der Waals surface area (Å²) in [5.74, 6) is 0.535. The van der Waals surface area contributed by atoms with Gasteiger partial charge in [0.1, 0.15) is 35.9 Å². The van der Waals surface area contributed by atoms with Crippen LogP contribution in [0.4, 0.5) is 0 Å². The third kappa shape index (κ3) is 3.10. The summed E-state index contributed by atoms with van der Waals surface area (Å²) in [5.41, 5.74) is 0. The van der Waals surface area contributed by atoms with Crippen LogP contribution in [0, 0.1) is 0 Å². The Morgan fingerprint density at radius 3 is 2.35 bits per heavy atom. The fourth-order valence-corrected chi connectivity index (χ4v) is 2.58. The van der Waals surface area contributed by atoms with Crippen LogP contribution in [0.2, 0.25) is 0 Å². The van der Waals surface area contributed by atoms with Gasteiger partial charge in [-0.1, -0.05) is 12.1 Å². The number of rotatable bonds is 3. The van der Waals surface area contributed by atoms with Crippen LogP contribution in [0.3, 0.4) is 0 Å². The van der Waals surface area contributed by atoms with Gasteiger partial charge in [0.05, 0.1) is 6.61 Å². The van der Waals surface area contributed by atoms with E-state index < -0.39 is 37.3 Å². The molecule has 0 unspecified atom stereocenters. The number of phenols is 1. The lowest BCUT2D eigenvalue weighted by Crippen LogP contribution is -2.60. The van der Waals surface area contributed by atoms with E-state index in [2.05, 4.69) is 0 Å². The fraction of sp³-hybridized carbons (Fsp3) is 0.375. The highest BCUT2D eigenvalue weighted by atomic mass is 16.7. The van der Waals surface area contributed by atoms with E-state index in [1.165, 1.54) is 0 Å². The molecule has 2 aromatic carbocycles. The molecule has 0 aliphatic carbocycles. The molecule has 1 saturated heterocycles. The van der Waals surface area contributed by atoms with E-state index in [0.717, 1.165) is 10.8 Å². The van der Waals surface area contributed by atoms with Gasteiger partial charge in [0.2, 0.25) is 6.29 Å². The minimum Gasteiger partial charge on any atom is -0.508 e. The largest absolute Gasteiger partial charge is 0.508 e. The molecule has 0 aromatic heterocycles. The van der Waals surface area contributed by atoms with E-state index in [1.807, 2.05) is 0 Å². The highest BCUT2D eigenvalue weighted by Gasteiger charge is 2.44. The zero-order valence-corrected chi connectivity index (χ0v) is 12.1. The SMILES string of the molecule is OC[C@H]1O[C@@H](Oc2ccc3cc(O)ccc3c2)[C@H](O)[C@@H](O)[C@@H]1O. The van der Waals surface area contributed by atoms with Crippen molar-refractivity contribution in [1.82, 2.24) is 0 Å². The lowest BCUT2D eigenvalue weighted by atomic mass is 9.99. The van der Waals surface area contributed by atoms with E-state index >= 15 is 0 Å². The van der Waals surface area contributed by atoms with Crippen molar-refractivity contribution in [3.63, 3.8) is 0 Å². The number of aliphatic hydroxyl groups is 4. The molecular weight excluding hydrogens is 304 g/mol. The molecule has 1 heterocycles. The number of phenolic OH excluding ortho intramolecular Hbond substituents is 1. The molecule has 0 spiro atoms. The van der Waals surface area contributed by atoms with Gasteiger partial charge >= 0.3 is 0 Å². The number of ether oxygens (including phenoxy) is 2. The molecule has 23 heavy (non-hydrogen) atoms. The van der Waals surface area contributed by atoms with Crippen LogP contribution in [0.1, 0.15) is 0 Å². The first-order chi connectivity index (χ1) is 11.0. The monoisotopic (exact) mass is 322 g/mol. The molecule has 5 N–H and O–H groups in total. The first-order valence-corrected chi connectivity index (χ1v) is 7.19. The van der Waals surface area contributed by atoms with Crippen molar-refractivity contribution in [3.8, 4) is 11.5 Å². The molecule has 5 atom stereocenters. The summed E-state index contributed by atoms with van der Waals surface area (Å²) in [5, 5.41) is 49.7. The van der Waals surface area contributed by atoms with Gasteiger partial charge in [0.25, 0.3) is 0 Å². The van der Waals surface area contributed by atoms with Crippen molar-refractivity contribution >= 4 is 10.8 Å².